The summed E-state index contributed by atoms with van der Waals surface area (Å²) in [4.78, 5) is 33.5. The summed E-state index contributed by atoms with van der Waals surface area (Å²) in [5.74, 6) is -1.08. The molecule has 5 aromatic rings. The van der Waals surface area contributed by atoms with E-state index in [0.717, 1.165) is 21.9 Å². The van der Waals surface area contributed by atoms with Crippen LogP contribution in [-0.4, -0.2) is 40.6 Å². The molecule has 6 rings (SSSR count). The number of carbonyl (C=O) groups is 2. The number of pyridine rings is 1. The molecule has 38 heavy (non-hydrogen) atoms. The van der Waals surface area contributed by atoms with Crippen molar-refractivity contribution in [1.29, 1.82) is 0 Å². The van der Waals surface area contributed by atoms with Crippen molar-refractivity contribution in [3.05, 3.63) is 96.2 Å². The van der Waals surface area contributed by atoms with E-state index in [1.165, 1.54) is 23.3 Å². The van der Waals surface area contributed by atoms with Crippen molar-refractivity contribution in [2.24, 2.45) is 0 Å². The number of carbonyl (C=O) groups excluding carboxylic acids is 2. The highest BCUT2D eigenvalue weighted by molar-refractivity contribution is 7.91. The molecular weight excluding hydrogens is 504 g/mol. The Balaban J connectivity index is 1.44. The maximum absolute atomic E-state index is 13.8. The molecule has 0 bridgehead atoms. The largest absolute Gasteiger partial charge is 0.467 e. The van der Waals surface area contributed by atoms with Gasteiger partial charge in [-0.25, -0.2) is 8.42 Å². The second-order valence-electron chi connectivity index (χ2n) is 9.31. The van der Waals surface area contributed by atoms with Crippen LogP contribution in [-0.2, 0) is 32.5 Å². The summed E-state index contributed by atoms with van der Waals surface area (Å²) >= 11 is 0. The van der Waals surface area contributed by atoms with Crippen molar-refractivity contribution in [3.63, 3.8) is 0 Å². The predicted octanol–water partition coefficient (Wildman–Crippen LogP) is 3.72. The van der Waals surface area contributed by atoms with Gasteiger partial charge in [-0.1, -0.05) is 35.9 Å². The van der Waals surface area contributed by atoms with E-state index in [1.54, 1.807) is 30.5 Å². The molecule has 10 heteroatoms. The molecule has 9 nitrogen and oxygen atoms in total. The van der Waals surface area contributed by atoms with E-state index >= 15 is 0 Å². The van der Waals surface area contributed by atoms with Gasteiger partial charge in [0, 0.05) is 22.5 Å². The molecule has 1 aliphatic rings. The van der Waals surface area contributed by atoms with E-state index in [0.29, 0.717) is 17.0 Å². The number of benzene rings is 2. The van der Waals surface area contributed by atoms with Crippen molar-refractivity contribution in [2.75, 3.05) is 5.88 Å². The first kappa shape index (κ1) is 23.9. The maximum Gasteiger partial charge on any atom is 0.249 e. The van der Waals surface area contributed by atoms with Gasteiger partial charge in [0.25, 0.3) is 0 Å². The molecule has 1 N–H and O–H groups in total. The van der Waals surface area contributed by atoms with Crippen LogP contribution < -0.4 is 5.32 Å². The molecule has 2 amide bonds. The van der Waals surface area contributed by atoms with E-state index in [-0.39, 0.29) is 23.9 Å². The number of aryl methyl sites for hydroxylation is 1. The highest BCUT2D eigenvalue weighted by Crippen LogP contribution is 2.37. The normalized spacial score (nSPS) is 15.7. The average Bonchev–Trinajstić information content (AvgIpc) is 3.51. The minimum absolute atomic E-state index is 0.00510. The van der Waals surface area contributed by atoms with Gasteiger partial charge in [0.2, 0.25) is 11.8 Å². The van der Waals surface area contributed by atoms with Gasteiger partial charge in [0.1, 0.15) is 18.2 Å². The lowest BCUT2D eigenvalue weighted by molar-refractivity contribution is -0.141. The summed E-state index contributed by atoms with van der Waals surface area (Å²) in [7, 11) is -3.81. The quantitative estimate of drug-likeness (QED) is 0.359. The van der Waals surface area contributed by atoms with Crippen molar-refractivity contribution in [3.8, 4) is 0 Å². The highest BCUT2D eigenvalue weighted by atomic mass is 32.2. The summed E-state index contributed by atoms with van der Waals surface area (Å²) in [6.45, 7) is 1.88. The van der Waals surface area contributed by atoms with E-state index in [4.69, 9.17) is 4.42 Å². The van der Waals surface area contributed by atoms with Crippen molar-refractivity contribution < 1.29 is 22.4 Å². The number of aromatic nitrogens is 2. The number of sulfone groups is 1. The molecule has 1 atom stereocenters. The summed E-state index contributed by atoms with van der Waals surface area (Å²) in [6, 6.07) is 18.3. The summed E-state index contributed by atoms with van der Waals surface area (Å²) in [5.41, 5.74) is 2.83. The first-order valence-corrected chi connectivity index (χ1v) is 13.7. The van der Waals surface area contributed by atoms with Crippen LogP contribution in [0.3, 0.4) is 0 Å². The van der Waals surface area contributed by atoms with Crippen LogP contribution in [0.4, 0.5) is 0 Å². The Kier molecular flexibility index (Phi) is 5.76. The third-order valence-electron chi connectivity index (χ3n) is 6.86. The van der Waals surface area contributed by atoms with Crippen molar-refractivity contribution in [2.45, 2.75) is 31.0 Å². The fourth-order valence-corrected chi connectivity index (χ4v) is 6.07. The van der Waals surface area contributed by atoms with E-state index in [9.17, 15) is 18.0 Å². The Morgan fingerprint density at radius 3 is 2.61 bits per heavy atom. The van der Waals surface area contributed by atoms with Gasteiger partial charge in [-0.05, 0) is 43.3 Å². The van der Waals surface area contributed by atoms with Gasteiger partial charge in [0.05, 0.1) is 28.9 Å². The Labute approximate surface area is 218 Å². The monoisotopic (exact) mass is 528 g/mol. The number of nitrogens with one attached hydrogen (secondary N) is 1. The fourth-order valence-electron chi connectivity index (χ4n) is 5.02. The number of amides is 2. The zero-order valence-electron chi connectivity index (χ0n) is 20.5. The minimum Gasteiger partial charge on any atom is -0.467 e. The smallest absolute Gasteiger partial charge is 0.249 e. The molecule has 192 valence electrons. The van der Waals surface area contributed by atoms with Crippen molar-refractivity contribution >= 4 is 43.5 Å². The summed E-state index contributed by atoms with van der Waals surface area (Å²) < 4.78 is 33.3. The number of rotatable bonds is 6. The lowest BCUT2D eigenvalue weighted by atomic mass is 10.1. The SMILES string of the molecule is Cc1ccc(S(=O)(=O)CNC(=O)C2c3nccc4c5ccccc5n(c34)CC(=O)N2Cc2ccco2)cc1. The van der Waals surface area contributed by atoms with Gasteiger partial charge in [-0.3, -0.25) is 14.6 Å². The number of para-hydroxylation sites is 1. The number of furan rings is 1. The second kappa shape index (κ2) is 9.14. The first-order chi connectivity index (χ1) is 18.3. The Morgan fingerprint density at radius 1 is 1.05 bits per heavy atom. The van der Waals surface area contributed by atoms with Crippen LogP contribution in [0.1, 0.15) is 23.1 Å². The molecule has 0 saturated carbocycles. The third-order valence-corrected chi connectivity index (χ3v) is 8.38. The van der Waals surface area contributed by atoms with E-state index in [1.807, 2.05) is 41.8 Å². The number of nitrogens with zero attached hydrogens (tertiary/aromatic N) is 3. The molecule has 2 aromatic carbocycles. The molecule has 0 fully saturated rings. The molecule has 0 saturated heterocycles. The lowest BCUT2D eigenvalue weighted by Crippen LogP contribution is -2.44. The predicted molar refractivity (Wildman–Crippen MR) is 141 cm³/mol. The molecule has 0 aliphatic carbocycles. The Hall–Kier alpha value is -4.44. The van der Waals surface area contributed by atoms with Gasteiger partial charge in [-0.2, -0.15) is 0 Å². The minimum atomic E-state index is -3.81. The molecule has 1 aliphatic heterocycles. The van der Waals surface area contributed by atoms with Gasteiger partial charge >= 0.3 is 0 Å². The molecule has 0 spiro atoms. The molecule has 4 heterocycles. The molecule has 3 aromatic heterocycles. The standard InChI is InChI=1S/C28H24N4O5S/c1-18-8-10-20(11-9-18)38(35,36)17-30-28(34)27-25-26-22(12-13-29-25)21-6-2-3-7-23(21)31(26)16-24(33)32(27)15-19-5-4-14-37-19/h2-14,27H,15-17H2,1H3,(H,30,34). The second-order valence-corrected chi connectivity index (χ2v) is 11.3. The first-order valence-electron chi connectivity index (χ1n) is 12.1. The topological polar surface area (TPSA) is 115 Å². The Morgan fingerprint density at radius 2 is 1.84 bits per heavy atom. The van der Waals surface area contributed by atoms with Crippen LogP contribution in [0.5, 0.6) is 0 Å². The maximum atomic E-state index is 13.8. The average molecular weight is 529 g/mol. The van der Waals surface area contributed by atoms with Gasteiger partial charge in [0.15, 0.2) is 15.9 Å². The van der Waals surface area contributed by atoms with Crippen LogP contribution in [0.2, 0.25) is 0 Å². The number of hydrogen-bond donors (Lipinski definition) is 1. The van der Waals surface area contributed by atoms with Gasteiger partial charge < -0.3 is 19.2 Å². The highest BCUT2D eigenvalue weighted by Gasteiger charge is 2.39. The zero-order chi connectivity index (χ0) is 26.4. The van der Waals surface area contributed by atoms with Gasteiger partial charge in [-0.15, -0.1) is 0 Å². The van der Waals surface area contributed by atoms with Crippen LogP contribution >= 0.6 is 0 Å². The lowest BCUT2D eigenvalue weighted by Gasteiger charge is -2.28. The molecular formula is C28H24N4O5S. The summed E-state index contributed by atoms with van der Waals surface area (Å²) in [6.07, 6.45) is 3.11. The molecule has 1 unspecified atom stereocenters. The Bertz CT molecular complexity index is 1790. The van der Waals surface area contributed by atoms with E-state index < -0.39 is 27.7 Å². The number of hydrogen-bond acceptors (Lipinski definition) is 6. The third kappa shape index (κ3) is 4.03. The zero-order valence-corrected chi connectivity index (χ0v) is 21.3. The fraction of sp³-hybridized carbons (Fsp3) is 0.179. The molecule has 0 radical (unpaired) electrons. The van der Waals surface area contributed by atoms with Crippen LogP contribution in [0.15, 0.2) is 88.5 Å². The number of fused-ring (bicyclic) bond motifs is 3. The van der Waals surface area contributed by atoms with E-state index in [2.05, 4.69) is 10.3 Å². The summed E-state index contributed by atoms with van der Waals surface area (Å²) in [5, 5.41) is 4.38. The van der Waals surface area contributed by atoms with Crippen LogP contribution in [0.25, 0.3) is 21.8 Å². The van der Waals surface area contributed by atoms with Crippen LogP contribution in [0, 0.1) is 6.92 Å². The van der Waals surface area contributed by atoms with Crippen molar-refractivity contribution in [1.82, 2.24) is 19.8 Å².